The Bertz CT molecular complexity index is 557. The molecule has 0 fully saturated rings. The second kappa shape index (κ2) is 6.28. The number of benzene rings is 2. The lowest BCUT2D eigenvalue weighted by Gasteiger charge is -2.11. The summed E-state index contributed by atoms with van der Waals surface area (Å²) in [6.07, 6.45) is 0. The summed E-state index contributed by atoms with van der Waals surface area (Å²) < 4.78 is 23.8. The molecule has 2 aromatic rings. The molecule has 0 heterocycles. The number of ether oxygens (including phenoxy) is 2. The summed E-state index contributed by atoms with van der Waals surface area (Å²) in [6.45, 7) is 2.43. The van der Waals surface area contributed by atoms with E-state index in [1.165, 1.54) is 12.1 Å². The van der Waals surface area contributed by atoms with Crippen molar-refractivity contribution in [3.05, 3.63) is 53.3 Å². The fraction of sp³-hybridized carbons (Fsp3) is 0.250. The van der Waals surface area contributed by atoms with E-state index in [0.29, 0.717) is 6.54 Å². The Morgan fingerprint density at radius 1 is 0.950 bits per heavy atom. The first-order chi connectivity index (χ1) is 9.60. The molecular weight excluding hydrogens is 257 g/mol. The van der Waals surface area contributed by atoms with E-state index >= 15 is 0 Å². The van der Waals surface area contributed by atoms with Gasteiger partial charge in [-0.3, -0.25) is 0 Å². The van der Waals surface area contributed by atoms with Crippen molar-refractivity contribution in [1.29, 1.82) is 0 Å². The van der Waals surface area contributed by atoms with Gasteiger partial charge in [0.2, 0.25) is 0 Å². The first kappa shape index (κ1) is 14.2. The molecule has 0 spiro atoms. The first-order valence-corrected chi connectivity index (χ1v) is 6.33. The molecule has 0 saturated carbocycles. The van der Waals surface area contributed by atoms with Crippen molar-refractivity contribution >= 4 is 5.69 Å². The van der Waals surface area contributed by atoms with Gasteiger partial charge < -0.3 is 14.8 Å². The lowest BCUT2D eigenvalue weighted by molar-refractivity contribution is 0.393. The average molecular weight is 275 g/mol. The van der Waals surface area contributed by atoms with Crippen LogP contribution in [0.3, 0.4) is 0 Å². The van der Waals surface area contributed by atoms with Gasteiger partial charge in [-0.15, -0.1) is 0 Å². The molecule has 0 atom stereocenters. The van der Waals surface area contributed by atoms with Gasteiger partial charge in [-0.05, 0) is 48.4 Å². The summed E-state index contributed by atoms with van der Waals surface area (Å²) in [5.41, 5.74) is 2.64. The predicted octanol–water partition coefficient (Wildman–Crippen LogP) is 3.76. The third-order valence-corrected chi connectivity index (χ3v) is 2.95. The van der Waals surface area contributed by atoms with Gasteiger partial charge in [0.25, 0.3) is 0 Å². The van der Waals surface area contributed by atoms with Crippen molar-refractivity contribution in [2.75, 3.05) is 19.5 Å². The van der Waals surface area contributed by atoms with Gasteiger partial charge >= 0.3 is 0 Å². The highest BCUT2D eigenvalue weighted by Gasteiger charge is 2.03. The predicted molar refractivity (Wildman–Crippen MR) is 78.0 cm³/mol. The minimum Gasteiger partial charge on any atom is -0.497 e. The van der Waals surface area contributed by atoms with Gasteiger partial charge in [-0.25, -0.2) is 4.39 Å². The Morgan fingerprint density at radius 3 is 2.15 bits per heavy atom. The Hall–Kier alpha value is -2.23. The van der Waals surface area contributed by atoms with Crippen molar-refractivity contribution in [3.8, 4) is 11.5 Å². The summed E-state index contributed by atoms with van der Waals surface area (Å²) in [5.74, 6) is 1.23. The second-order valence-electron chi connectivity index (χ2n) is 4.59. The van der Waals surface area contributed by atoms with Gasteiger partial charge in [-0.1, -0.05) is 0 Å². The maximum absolute atomic E-state index is 13.3. The third-order valence-electron chi connectivity index (χ3n) is 2.95. The molecule has 106 valence electrons. The monoisotopic (exact) mass is 275 g/mol. The summed E-state index contributed by atoms with van der Waals surface area (Å²) in [5, 5.41) is 3.19. The summed E-state index contributed by atoms with van der Waals surface area (Å²) in [7, 11) is 3.23. The highest BCUT2D eigenvalue weighted by atomic mass is 19.1. The van der Waals surface area contributed by atoms with Crippen LogP contribution in [0.5, 0.6) is 11.5 Å². The van der Waals surface area contributed by atoms with Crippen LogP contribution in [-0.4, -0.2) is 14.2 Å². The molecule has 0 aliphatic heterocycles. The first-order valence-electron chi connectivity index (χ1n) is 6.33. The van der Waals surface area contributed by atoms with E-state index < -0.39 is 0 Å². The fourth-order valence-electron chi connectivity index (χ4n) is 2.01. The smallest absolute Gasteiger partial charge is 0.125 e. The molecule has 3 nitrogen and oxygen atoms in total. The maximum Gasteiger partial charge on any atom is 0.125 e. The van der Waals surface area contributed by atoms with Crippen LogP contribution in [0.25, 0.3) is 0 Å². The van der Waals surface area contributed by atoms with Gasteiger partial charge in [-0.2, -0.15) is 0 Å². The molecule has 4 heteroatoms. The van der Waals surface area contributed by atoms with E-state index in [-0.39, 0.29) is 5.82 Å². The van der Waals surface area contributed by atoms with E-state index in [9.17, 15) is 4.39 Å². The van der Waals surface area contributed by atoms with Gasteiger partial charge in [0.15, 0.2) is 0 Å². The van der Waals surface area contributed by atoms with Crippen molar-refractivity contribution in [3.63, 3.8) is 0 Å². The summed E-state index contributed by atoms with van der Waals surface area (Å²) in [6, 6.07) is 10.5. The van der Waals surface area contributed by atoms with Crippen LogP contribution < -0.4 is 14.8 Å². The number of halogens is 1. The fourth-order valence-corrected chi connectivity index (χ4v) is 2.01. The van der Waals surface area contributed by atoms with Crippen LogP contribution in [0.15, 0.2) is 36.4 Å². The average Bonchev–Trinajstić information content (AvgIpc) is 2.43. The highest BCUT2D eigenvalue weighted by Crippen LogP contribution is 2.23. The van der Waals surface area contributed by atoms with Crippen LogP contribution in [0.2, 0.25) is 0 Å². The maximum atomic E-state index is 13.3. The molecule has 0 radical (unpaired) electrons. The molecule has 2 aromatic carbocycles. The molecule has 2 rings (SSSR count). The second-order valence-corrected chi connectivity index (χ2v) is 4.59. The molecule has 0 bridgehead atoms. The number of rotatable bonds is 5. The van der Waals surface area contributed by atoms with E-state index in [0.717, 1.165) is 28.3 Å². The molecule has 0 unspecified atom stereocenters. The van der Waals surface area contributed by atoms with E-state index in [1.807, 2.05) is 31.2 Å². The molecule has 20 heavy (non-hydrogen) atoms. The Balaban J connectivity index is 2.13. The van der Waals surface area contributed by atoms with E-state index in [2.05, 4.69) is 5.32 Å². The zero-order chi connectivity index (χ0) is 14.5. The molecule has 0 aliphatic rings. The van der Waals surface area contributed by atoms with Crippen molar-refractivity contribution in [2.24, 2.45) is 0 Å². The Kier molecular flexibility index (Phi) is 4.45. The van der Waals surface area contributed by atoms with Crippen LogP contribution in [0, 0.1) is 12.7 Å². The number of hydrogen-bond donors (Lipinski definition) is 1. The minimum absolute atomic E-state index is 0.240. The zero-order valence-electron chi connectivity index (χ0n) is 11.9. The van der Waals surface area contributed by atoms with Crippen molar-refractivity contribution < 1.29 is 13.9 Å². The van der Waals surface area contributed by atoms with E-state index in [4.69, 9.17) is 9.47 Å². The van der Waals surface area contributed by atoms with Crippen molar-refractivity contribution in [1.82, 2.24) is 0 Å². The molecule has 0 aromatic heterocycles. The molecule has 0 saturated heterocycles. The minimum atomic E-state index is -0.240. The molecule has 1 N–H and O–H groups in total. The zero-order valence-corrected chi connectivity index (χ0v) is 11.9. The largest absolute Gasteiger partial charge is 0.497 e. The van der Waals surface area contributed by atoms with Crippen molar-refractivity contribution in [2.45, 2.75) is 13.5 Å². The number of anilines is 1. The van der Waals surface area contributed by atoms with E-state index in [1.54, 1.807) is 14.2 Å². The third kappa shape index (κ3) is 3.63. The van der Waals surface area contributed by atoms with Gasteiger partial charge in [0.1, 0.15) is 17.3 Å². The Morgan fingerprint density at radius 2 is 1.60 bits per heavy atom. The lowest BCUT2D eigenvalue weighted by atomic mass is 10.1. The van der Waals surface area contributed by atoms with Gasteiger partial charge in [0.05, 0.1) is 14.2 Å². The highest BCUT2D eigenvalue weighted by molar-refractivity contribution is 5.47. The number of hydrogen-bond acceptors (Lipinski definition) is 3. The summed E-state index contributed by atoms with van der Waals surface area (Å²) in [4.78, 5) is 0. The van der Waals surface area contributed by atoms with Crippen LogP contribution in [-0.2, 0) is 6.54 Å². The summed E-state index contributed by atoms with van der Waals surface area (Å²) >= 11 is 0. The van der Waals surface area contributed by atoms with Gasteiger partial charge in [0, 0.05) is 18.3 Å². The van der Waals surface area contributed by atoms with Crippen LogP contribution in [0.4, 0.5) is 10.1 Å². The molecule has 0 amide bonds. The number of aryl methyl sites for hydroxylation is 1. The van der Waals surface area contributed by atoms with Crippen LogP contribution in [0.1, 0.15) is 11.1 Å². The SMILES string of the molecule is COc1cc(CNc2cc(C)cc(F)c2)cc(OC)c1. The number of nitrogens with one attached hydrogen (secondary N) is 1. The topological polar surface area (TPSA) is 30.5 Å². The molecular formula is C16H18FNO2. The quantitative estimate of drug-likeness (QED) is 0.901. The van der Waals surface area contributed by atoms with Crippen LogP contribution >= 0.6 is 0 Å². The number of methoxy groups -OCH3 is 2. The Labute approximate surface area is 118 Å². The normalized spacial score (nSPS) is 10.2. The lowest BCUT2D eigenvalue weighted by Crippen LogP contribution is -2.01. The molecule has 0 aliphatic carbocycles. The standard InChI is InChI=1S/C16H18FNO2/c1-11-4-13(17)8-14(5-11)18-10-12-6-15(19-2)9-16(7-12)20-3/h4-9,18H,10H2,1-3H3.